The lowest BCUT2D eigenvalue weighted by atomic mass is 10.0. The molecule has 182 valence electrons. The Labute approximate surface area is 221 Å². The van der Waals surface area contributed by atoms with Crippen molar-refractivity contribution >= 4 is 50.6 Å². The van der Waals surface area contributed by atoms with Crippen molar-refractivity contribution in [3.63, 3.8) is 0 Å². The third kappa shape index (κ3) is 4.85. The second-order valence-electron chi connectivity index (χ2n) is 8.26. The number of fused-ring (bicyclic) bond motifs is 1. The van der Waals surface area contributed by atoms with E-state index in [-0.39, 0.29) is 6.61 Å². The molecule has 0 saturated heterocycles. The Morgan fingerprint density at radius 2 is 1.75 bits per heavy atom. The molecule has 0 aliphatic heterocycles. The van der Waals surface area contributed by atoms with E-state index in [1.807, 2.05) is 42.5 Å². The molecule has 2 heterocycles. The van der Waals surface area contributed by atoms with Crippen LogP contribution in [0.4, 0.5) is 0 Å². The minimum atomic E-state index is -0.908. The zero-order valence-electron chi connectivity index (χ0n) is 19.3. The number of hydrogen-bond acceptors (Lipinski definition) is 5. The maximum atomic E-state index is 11.3. The van der Waals surface area contributed by atoms with Crippen molar-refractivity contribution in [2.75, 3.05) is 0 Å². The van der Waals surface area contributed by atoms with E-state index < -0.39 is 5.97 Å². The summed E-state index contributed by atoms with van der Waals surface area (Å²) in [5, 5.41) is 15.4. The summed E-state index contributed by atoms with van der Waals surface area (Å²) in [7, 11) is 0. The molecule has 0 saturated carbocycles. The lowest BCUT2D eigenvalue weighted by Crippen LogP contribution is -2.00. The predicted octanol–water partition coefficient (Wildman–Crippen LogP) is 8.76. The number of thiophene rings is 1. The van der Waals surface area contributed by atoms with Crippen LogP contribution in [-0.4, -0.2) is 16.2 Å². The molecule has 3 aromatic carbocycles. The second-order valence-corrected chi connectivity index (χ2v) is 10.2. The number of hydrogen-bond donors (Lipinski definition) is 1. The van der Waals surface area contributed by atoms with E-state index in [1.54, 1.807) is 24.3 Å². The fourth-order valence-electron chi connectivity index (χ4n) is 4.06. The van der Waals surface area contributed by atoms with Crippen LogP contribution in [0.5, 0.6) is 5.75 Å². The summed E-state index contributed by atoms with van der Waals surface area (Å²) in [6, 6.07) is 20.8. The zero-order chi connectivity index (χ0) is 25.2. The molecule has 2 aromatic heterocycles. The van der Waals surface area contributed by atoms with Crippen molar-refractivity contribution < 1.29 is 19.2 Å². The largest absolute Gasteiger partial charge is 0.489 e. The number of rotatable bonds is 8. The minimum Gasteiger partial charge on any atom is -0.489 e. The van der Waals surface area contributed by atoms with Crippen molar-refractivity contribution in [3.05, 3.63) is 93.0 Å². The van der Waals surface area contributed by atoms with Crippen molar-refractivity contribution in [1.29, 1.82) is 0 Å². The molecule has 0 radical (unpaired) electrons. The highest BCUT2D eigenvalue weighted by molar-refractivity contribution is 7.20. The number of halogens is 2. The molecular weight excluding hydrogens is 517 g/mol. The molecule has 0 amide bonds. The van der Waals surface area contributed by atoms with E-state index in [2.05, 4.69) is 12.1 Å². The van der Waals surface area contributed by atoms with Gasteiger partial charge in [-0.3, -0.25) is 0 Å². The van der Waals surface area contributed by atoms with E-state index in [0.29, 0.717) is 31.9 Å². The van der Waals surface area contributed by atoms with Crippen LogP contribution in [-0.2, 0) is 13.0 Å². The van der Waals surface area contributed by atoms with Crippen LogP contribution in [0.2, 0.25) is 10.0 Å². The van der Waals surface area contributed by atoms with Gasteiger partial charge in [-0.2, -0.15) is 0 Å². The molecule has 0 aliphatic rings. The highest BCUT2D eigenvalue weighted by atomic mass is 35.5. The Morgan fingerprint density at radius 3 is 2.44 bits per heavy atom. The van der Waals surface area contributed by atoms with Gasteiger partial charge in [0.05, 0.1) is 15.6 Å². The summed E-state index contributed by atoms with van der Waals surface area (Å²) in [4.78, 5) is 11.6. The summed E-state index contributed by atoms with van der Waals surface area (Å²) in [6.07, 6.45) is 1.62. The van der Waals surface area contributed by atoms with E-state index in [9.17, 15) is 9.90 Å². The summed E-state index contributed by atoms with van der Waals surface area (Å²) < 4.78 is 12.7. The topological polar surface area (TPSA) is 72.6 Å². The van der Waals surface area contributed by atoms with Crippen LogP contribution in [0.25, 0.3) is 32.5 Å². The molecular formula is C28H21Cl2NO4S. The number of benzene rings is 3. The Bertz CT molecular complexity index is 1540. The average molecular weight is 538 g/mol. The van der Waals surface area contributed by atoms with Gasteiger partial charge in [0.1, 0.15) is 28.7 Å². The molecule has 5 aromatic rings. The number of ether oxygens (including phenoxy) is 1. The van der Waals surface area contributed by atoms with Crippen LogP contribution in [0.15, 0.2) is 71.3 Å². The first-order valence-corrected chi connectivity index (χ1v) is 12.9. The van der Waals surface area contributed by atoms with Crippen molar-refractivity contribution in [2.45, 2.75) is 26.4 Å². The minimum absolute atomic E-state index is 0.258. The van der Waals surface area contributed by atoms with Gasteiger partial charge in [0.25, 0.3) is 0 Å². The van der Waals surface area contributed by atoms with E-state index in [0.717, 1.165) is 45.4 Å². The zero-order valence-corrected chi connectivity index (χ0v) is 21.6. The molecule has 0 aliphatic carbocycles. The molecule has 1 N–H and O–H groups in total. The van der Waals surface area contributed by atoms with E-state index in [1.165, 1.54) is 11.3 Å². The van der Waals surface area contributed by atoms with Crippen molar-refractivity contribution in [3.8, 4) is 28.1 Å². The number of aryl methyl sites for hydroxylation is 1. The van der Waals surface area contributed by atoms with Crippen molar-refractivity contribution in [2.24, 2.45) is 0 Å². The summed E-state index contributed by atoms with van der Waals surface area (Å²) >= 11 is 14.1. The monoisotopic (exact) mass is 537 g/mol. The van der Waals surface area contributed by atoms with Crippen LogP contribution < -0.4 is 4.74 Å². The highest BCUT2D eigenvalue weighted by Crippen LogP contribution is 2.38. The Hall–Kier alpha value is -3.32. The molecule has 0 spiro atoms. The number of carboxylic acids is 1. The number of carboxylic acid groups (broad SMARTS) is 1. The molecule has 5 nitrogen and oxygen atoms in total. The summed E-state index contributed by atoms with van der Waals surface area (Å²) in [6.45, 7) is 2.33. The molecule has 0 atom stereocenters. The molecule has 0 unspecified atom stereocenters. The molecule has 0 fully saturated rings. The first kappa shape index (κ1) is 24.4. The van der Waals surface area contributed by atoms with E-state index in [4.69, 9.17) is 32.5 Å². The van der Waals surface area contributed by atoms with Crippen LogP contribution >= 0.6 is 34.5 Å². The number of aromatic nitrogens is 1. The Balaban J connectivity index is 1.38. The third-order valence-corrected chi connectivity index (χ3v) is 7.58. The fraction of sp³-hybridized carbons (Fsp3) is 0.143. The van der Waals surface area contributed by atoms with Gasteiger partial charge in [-0.25, -0.2) is 4.79 Å². The van der Waals surface area contributed by atoms with Crippen LogP contribution in [0.3, 0.4) is 0 Å². The quantitative estimate of drug-likeness (QED) is 0.214. The van der Waals surface area contributed by atoms with Crippen LogP contribution in [0, 0.1) is 0 Å². The third-order valence-electron chi connectivity index (χ3n) is 5.84. The predicted molar refractivity (Wildman–Crippen MR) is 145 cm³/mol. The van der Waals surface area contributed by atoms with Crippen LogP contribution in [0.1, 0.15) is 34.3 Å². The standard InChI is InChI=1S/C28H21Cl2NO4S/c1-2-4-23-20(27(31-35-23)26-21(29)5-3-6-22(26)30)15-34-19-10-7-16(8-11-19)17-9-12-24-18(13-17)14-25(36-24)28(32)33/h3,5-14H,2,4,15H2,1H3,(H,32,33). The highest BCUT2D eigenvalue weighted by Gasteiger charge is 2.22. The maximum Gasteiger partial charge on any atom is 0.345 e. The van der Waals surface area contributed by atoms with Gasteiger partial charge < -0.3 is 14.4 Å². The maximum absolute atomic E-state index is 11.3. The normalized spacial score (nSPS) is 11.2. The number of nitrogens with zero attached hydrogens (tertiary/aromatic N) is 1. The molecule has 8 heteroatoms. The van der Waals surface area contributed by atoms with Gasteiger partial charge in [-0.1, -0.05) is 59.5 Å². The van der Waals surface area contributed by atoms with Gasteiger partial charge in [-0.15, -0.1) is 11.3 Å². The summed E-state index contributed by atoms with van der Waals surface area (Å²) in [5.41, 5.74) is 4.07. The Kier molecular flexibility index (Phi) is 7.01. The lowest BCUT2D eigenvalue weighted by Gasteiger charge is -2.10. The molecule has 36 heavy (non-hydrogen) atoms. The van der Waals surface area contributed by atoms with Gasteiger partial charge in [0.15, 0.2) is 0 Å². The van der Waals surface area contributed by atoms with E-state index >= 15 is 0 Å². The number of carbonyl (C=O) groups is 1. The van der Waals surface area contributed by atoms with Crippen molar-refractivity contribution in [1.82, 2.24) is 5.16 Å². The smallest absolute Gasteiger partial charge is 0.345 e. The summed E-state index contributed by atoms with van der Waals surface area (Å²) in [5.74, 6) is 0.544. The Morgan fingerprint density at radius 1 is 1.03 bits per heavy atom. The lowest BCUT2D eigenvalue weighted by molar-refractivity contribution is 0.0702. The molecule has 0 bridgehead atoms. The molecule has 5 rings (SSSR count). The SMILES string of the molecule is CCCc1onc(-c2c(Cl)cccc2Cl)c1COc1ccc(-c2ccc3sc(C(=O)O)cc3c2)cc1. The van der Waals surface area contributed by atoms with Gasteiger partial charge >= 0.3 is 5.97 Å². The number of aromatic carboxylic acids is 1. The average Bonchev–Trinajstić information content (AvgIpc) is 3.47. The second kappa shape index (κ2) is 10.3. The fourth-order valence-corrected chi connectivity index (χ4v) is 5.52. The first-order valence-electron chi connectivity index (χ1n) is 11.4. The van der Waals surface area contributed by atoms with Gasteiger partial charge in [0.2, 0.25) is 0 Å². The first-order chi connectivity index (χ1) is 17.4. The van der Waals surface area contributed by atoms with Gasteiger partial charge in [-0.05, 0) is 65.4 Å². The van der Waals surface area contributed by atoms with Gasteiger partial charge in [0, 0.05) is 16.7 Å².